The van der Waals surface area contributed by atoms with Gasteiger partial charge in [-0.05, 0) is 18.2 Å². The number of sulfonamides is 1. The van der Waals surface area contributed by atoms with Gasteiger partial charge in [0.15, 0.2) is 9.84 Å². The molecule has 0 bridgehead atoms. The number of primary sulfonamides is 1. The third-order valence-electron chi connectivity index (χ3n) is 1.96. The van der Waals surface area contributed by atoms with Gasteiger partial charge >= 0.3 is 6.18 Å². The number of halogens is 3. The maximum atomic E-state index is 12.5. The van der Waals surface area contributed by atoms with Gasteiger partial charge in [0.25, 0.3) is 0 Å². The molecule has 0 unspecified atom stereocenters. The van der Waals surface area contributed by atoms with Crippen molar-refractivity contribution in [3.63, 3.8) is 0 Å². The molecule has 0 radical (unpaired) electrons. The van der Waals surface area contributed by atoms with Gasteiger partial charge in [-0.2, -0.15) is 13.2 Å². The molecule has 0 spiro atoms. The van der Waals surface area contributed by atoms with Crippen molar-refractivity contribution in [2.24, 2.45) is 5.14 Å². The van der Waals surface area contributed by atoms with Gasteiger partial charge in [-0.1, -0.05) is 0 Å². The van der Waals surface area contributed by atoms with E-state index in [4.69, 9.17) is 5.14 Å². The summed E-state index contributed by atoms with van der Waals surface area (Å²) in [4.78, 5) is -1.67. The molecule has 2 N–H and O–H groups in total. The maximum Gasteiger partial charge on any atom is 0.416 e. The van der Waals surface area contributed by atoms with Crippen molar-refractivity contribution in [2.45, 2.75) is 16.0 Å². The topological polar surface area (TPSA) is 94.3 Å². The van der Waals surface area contributed by atoms with Crippen LogP contribution in [0.15, 0.2) is 28.0 Å². The summed E-state index contributed by atoms with van der Waals surface area (Å²) in [6.07, 6.45) is -4.21. The van der Waals surface area contributed by atoms with Gasteiger partial charge < -0.3 is 0 Å². The molecule has 5 nitrogen and oxygen atoms in total. The Morgan fingerprint density at radius 1 is 1.00 bits per heavy atom. The standard InChI is InChI=1S/C8H8F3NO4S2/c1-17(13,14)6-2-5(8(9,10)11)3-7(4-6)18(12,15)16/h2-4H,1H3,(H2,12,15,16). The molecule has 1 aromatic rings. The number of sulfone groups is 1. The zero-order valence-electron chi connectivity index (χ0n) is 8.89. The summed E-state index contributed by atoms with van der Waals surface area (Å²) in [5.74, 6) is 0. The van der Waals surface area contributed by atoms with Crippen molar-refractivity contribution in [2.75, 3.05) is 6.26 Å². The lowest BCUT2D eigenvalue weighted by molar-refractivity contribution is -0.137. The van der Waals surface area contributed by atoms with E-state index in [0.29, 0.717) is 18.4 Å². The highest BCUT2D eigenvalue weighted by molar-refractivity contribution is 7.91. The fourth-order valence-corrected chi connectivity index (χ4v) is 2.45. The van der Waals surface area contributed by atoms with Crippen LogP contribution in [0.5, 0.6) is 0 Å². The van der Waals surface area contributed by atoms with Crippen molar-refractivity contribution in [3.8, 4) is 0 Å². The largest absolute Gasteiger partial charge is 0.416 e. The Morgan fingerprint density at radius 2 is 1.44 bits per heavy atom. The zero-order chi connectivity index (χ0) is 14.4. The lowest BCUT2D eigenvalue weighted by Gasteiger charge is -2.10. The van der Waals surface area contributed by atoms with Crippen LogP contribution in [0.4, 0.5) is 13.2 Å². The highest BCUT2D eigenvalue weighted by Gasteiger charge is 2.33. The van der Waals surface area contributed by atoms with E-state index in [1.165, 1.54) is 0 Å². The summed E-state index contributed by atoms with van der Waals surface area (Å²) < 4.78 is 81.9. The summed E-state index contributed by atoms with van der Waals surface area (Å²) in [6, 6.07) is 1.22. The van der Waals surface area contributed by atoms with Crippen LogP contribution in [-0.2, 0) is 26.0 Å². The van der Waals surface area contributed by atoms with Crippen molar-refractivity contribution in [1.29, 1.82) is 0 Å². The molecule has 0 aliphatic heterocycles. The third-order valence-corrected chi connectivity index (χ3v) is 3.95. The van der Waals surface area contributed by atoms with E-state index < -0.39 is 41.4 Å². The van der Waals surface area contributed by atoms with Crippen LogP contribution in [0.1, 0.15) is 5.56 Å². The van der Waals surface area contributed by atoms with Gasteiger partial charge in [0.05, 0.1) is 15.4 Å². The maximum absolute atomic E-state index is 12.5. The first-order valence-corrected chi connectivity index (χ1v) is 7.71. The first kappa shape index (κ1) is 14.9. The Bertz CT molecular complexity index is 627. The quantitative estimate of drug-likeness (QED) is 0.872. The molecule has 10 heteroatoms. The monoisotopic (exact) mass is 303 g/mol. The van der Waals surface area contributed by atoms with Gasteiger partial charge in [-0.15, -0.1) is 0 Å². The average molecular weight is 303 g/mol. The van der Waals surface area contributed by atoms with Crippen LogP contribution in [0.3, 0.4) is 0 Å². The molecule has 0 aliphatic rings. The number of hydrogen-bond donors (Lipinski definition) is 1. The van der Waals surface area contributed by atoms with Crippen molar-refractivity contribution in [3.05, 3.63) is 23.8 Å². The van der Waals surface area contributed by atoms with Gasteiger partial charge in [-0.3, -0.25) is 0 Å². The van der Waals surface area contributed by atoms with Crippen LogP contribution >= 0.6 is 0 Å². The predicted octanol–water partition coefficient (Wildman–Crippen LogP) is 0.756. The first-order valence-electron chi connectivity index (χ1n) is 4.27. The molecule has 1 aromatic carbocycles. The van der Waals surface area contributed by atoms with Gasteiger partial charge in [0.1, 0.15) is 0 Å². The summed E-state index contributed by atoms with van der Waals surface area (Å²) in [7, 11) is -8.42. The number of benzene rings is 1. The van der Waals surface area contributed by atoms with E-state index in [9.17, 15) is 30.0 Å². The molecule has 0 saturated carbocycles. The minimum Gasteiger partial charge on any atom is -0.225 e. The van der Waals surface area contributed by atoms with E-state index in [-0.39, 0.29) is 6.07 Å². The molecule has 102 valence electrons. The summed E-state index contributed by atoms with van der Waals surface area (Å²) >= 11 is 0. The van der Waals surface area contributed by atoms with E-state index in [2.05, 4.69) is 0 Å². The molecule has 0 aromatic heterocycles. The minimum absolute atomic E-state index is 0.282. The van der Waals surface area contributed by atoms with Gasteiger partial charge in [-0.25, -0.2) is 22.0 Å². The fraction of sp³-hybridized carbons (Fsp3) is 0.250. The van der Waals surface area contributed by atoms with E-state index in [1.807, 2.05) is 0 Å². The summed E-state index contributed by atoms with van der Waals surface area (Å²) in [5.41, 5.74) is -1.39. The molecule has 0 amide bonds. The number of hydrogen-bond acceptors (Lipinski definition) is 4. The second-order valence-electron chi connectivity index (χ2n) is 3.51. The van der Waals surface area contributed by atoms with Gasteiger partial charge in [0.2, 0.25) is 10.0 Å². The Kier molecular flexibility index (Phi) is 3.49. The van der Waals surface area contributed by atoms with Gasteiger partial charge in [0, 0.05) is 6.26 Å². The molecule has 18 heavy (non-hydrogen) atoms. The van der Waals surface area contributed by atoms with E-state index in [0.717, 1.165) is 0 Å². The molecule has 1 rings (SSSR count). The lowest BCUT2D eigenvalue weighted by Crippen LogP contribution is -2.15. The second kappa shape index (κ2) is 4.21. The Morgan fingerprint density at radius 3 is 1.78 bits per heavy atom. The number of alkyl halides is 3. The molecular formula is C8H8F3NO4S2. The Hall–Kier alpha value is -1.13. The lowest BCUT2D eigenvalue weighted by atomic mass is 10.2. The van der Waals surface area contributed by atoms with Crippen LogP contribution < -0.4 is 5.14 Å². The van der Waals surface area contributed by atoms with E-state index >= 15 is 0 Å². The molecule has 0 saturated heterocycles. The normalized spacial score (nSPS) is 13.6. The van der Waals surface area contributed by atoms with Crippen molar-refractivity contribution >= 4 is 19.9 Å². The van der Waals surface area contributed by atoms with E-state index in [1.54, 1.807) is 0 Å². The van der Waals surface area contributed by atoms with Crippen molar-refractivity contribution < 1.29 is 30.0 Å². The smallest absolute Gasteiger partial charge is 0.225 e. The SMILES string of the molecule is CS(=O)(=O)c1cc(C(F)(F)F)cc(S(N)(=O)=O)c1. The van der Waals surface area contributed by atoms with Crippen molar-refractivity contribution in [1.82, 2.24) is 0 Å². The predicted molar refractivity (Wildman–Crippen MR) is 55.9 cm³/mol. The molecule has 0 atom stereocenters. The average Bonchev–Trinajstić information content (AvgIpc) is 2.13. The minimum atomic E-state index is -4.87. The summed E-state index contributed by atoms with van der Waals surface area (Å²) in [6.45, 7) is 0. The highest BCUT2D eigenvalue weighted by Crippen LogP contribution is 2.32. The third kappa shape index (κ3) is 3.43. The molecule has 0 heterocycles. The molecular weight excluding hydrogens is 295 g/mol. The molecule has 0 fully saturated rings. The Balaban J connectivity index is 3.70. The van der Waals surface area contributed by atoms with Crippen LogP contribution in [-0.4, -0.2) is 23.1 Å². The van der Waals surface area contributed by atoms with Crippen LogP contribution in [0, 0.1) is 0 Å². The summed E-state index contributed by atoms with van der Waals surface area (Å²) in [5, 5.41) is 4.69. The highest BCUT2D eigenvalue weighted by atomic mass is 32.2. The number of rotatable bonds is 2. The number of nitrogens with two attached hydrogens (primary N) is 1. The van der Waals surface area contributed by atoms with Crippen LogP contribution in [0.2, 0.25) is 0 Å². The first-order chi connectivity index (χ1) is 7.82. The second-order valence-corrected chi connectivity index (χ2v) is 7.09. The van der Waals surface area contributed by atoms with Crippen LogP contribution in [0.25, 0.3) is 0 Å². The molecule has 0 aliphatic carbocycles. The zero-order valence-corrected chi connectivity index (χ0v) is 10.5. The fourth-order valence-electron chi connectivity index (χ4n) is 1.11. The Labute approximate surface area is 101 Å².